The van der Waals surface area contributed by atoms with Crippen molar-refractivity contribution < 1.29 is 31.5 Å². The highest BCUT2D eigenvalue weighted by Crippen LogP contribution is 2.32. The lowest BCUT2D eigenvalue weighted by Gasteiger charge is -2.15. The fourth-order valence-electron chi connectivity index (χ4n) is 2.66. The van der Waals surface area contributed by atoms with E-state index >= 15 is 0 Å². The van der Waals surface area contributed by atoms with Gasteiger partial charge < -0.3 is 5.11 Å². The van der Waals surface area contributed by atoms with Crippen LogP contribution in [0, 0.1) is 17.5 Å². The molecule has 0 radical (unpaired) electrons. The molecule has 0 bridgehead atoms. The topological polar surface area (TPSA) is 84.3 Å². The van der Waals surface area contributed by atoms with Crippen molar-refractivity contribution in [1.29, 1.82) is 0 Å². The highest BCUT2D eigenvalue weighted by Gasteiger charge is 2.23. The Morgan fingerprint density at radius 1 is 1.08 bits per heavy atom. The third-order valence-electron chi connectivity index (χ3n) is 3.98. The van der Waals surface area contributed by atoms with Crippen LogP contribution >= 0.6 is 0 Å². The molecule has 1 aromatic carbocycles. The van der Waals surface area contributed by atoms with Crippen molar-refractivity contribution in [3.8, 4) is 11.3 Å². The second-order valence-corrected chi connectivity index (χ2v) is 7.97. The van der Waals surface area contributed by atoms with Crippen LogP contribution in [0.1, 0.15) is 22.5 Å². The molecule has 9 heteroatoms. The Kier molecular flexibility index (Phi) is 4.57. The molecule has 3 rings (SSSR count). The number of rotatable bonds is 3. The van der Waals surface area contributed by atoms with Crippen molar-refractivity contribution in [3.05, 3.63) is 59.1 Å². The van der Waals surface area contributed by atoms with E-state index in [1.807, 2.05) is 0 Å². The van der Waals surface area contributed by atoms with E-state index in [9.17, 15) is 26.4 Å². The number of hydrogen-bond acceptors (Lipinski definition) is 4. The standard InChI is InChI=1S/C17H12F3NO4S/c18-11-1-2-14(17(22)23)21-16(11)15-12(19)7-10(8-13(15)20)9-3-5-26(24,25)6-4-9/h1-3,7-8H,4-6H2,(H,22,23). The van der Waals surface area contributed by atoms with E-state index in [2.05, 4.69) is 4.98 Å². The maximum absolute atomic E-state index is 14.5. The smallest absolute Gasteiger partial charge is 0.354 e. The normalized spacial score (nSPS) is 16.2. The molecule has 2 aromatic rings. The Morgan fingerprint density at radius 2 is 1.73 bits per heavy atom. The summed E-state index contributed by atoms with van der Waals surface area (Å²) >= 11 is 0. The van der Waals surface area contributed by atoms with Crippen LogP contribution in [-0.4, -0.2) is 36.0 Å². The Morgan fingerprint density at radius 3 is 2.27 bits per heavy atom. The number of carboxylic acids is 1. The molecular formula is C17H12F3NO4S. The van der Waals surface area contributed by atoms with E-state index in [4.69, 9.17) is 5.11 Å². The molecule has 0 unspecified atom stereocenters. The van der Waals surface area contributed by atoms with Crippen LogP contribution in [0.2, 0.25) is 0 Å². The molecule has 1 aliphatic heterocycles. The number of benzene rings is 1. The van der Waals surface area contributed by atoms with Gasteiger partial charge in [-0.2, -0.15) is 0 Å². The van der Waals surface area contributed by atoms with Gasteiger partial charge in [-0.1, -0.05) is 6.08 Å². The molecule has 1 aliphatic rings. The average molecular weight is 383 g/mol. The van der Waals surface area contributed by atoms with Crippen LogP contribution in [0.25, 0.3) is 16.8 Å². The lowest BCUT2D eigenvalue weighted by molar-refractivity contribution is 0.0690. The number of aromatic nitrogens is 1. The van der Waals surface area contributed by atoms with Gasteiger partial charge in [0.25, 0.3) is 0 Å². The van der Waals surface area contributed by atoms with Crippen molar-refractivity contribution >= 4 is 21.4 Å². The zero-order chi connectivity index (χ0) is 19.1. The van der Waals surface area contributed by atoms with Crippen molar-refractivity contribution in [2.75, 3.05) is 11.5 Å². The largest absolute Gasteiger partial charge is 0.477 e. The first-order valence-corrected chi connectivity index (χ1v) is 9.29. The number of pyridine rings is 1. The second kappa shape index (κ2) is 6.56. The Hall–Kier alpha value is -2.68. The molecular weight excluding hydrogens is 371 g/mol. The van der Waals surface area contributed by atoms with E-state index in [0.717, 1.165) is 24.3 Å². The van der Waals surface area contributed by atoms with Crippen molar-refractivity contribution in [3.63, 3.8) is 0 Å². The number of aromatic carboxylic acids is 1. The summed E-state index contributed by atoms with van der Waals surface area (Å²) in [5, 5.41) is 8.91. The van der Waals surface area contributed by atoms with E-state index < -0.39 is 50.2 Å². The molecule has 0 aliphatic carbocycles. The summed E-state index contributed by atoms with van der Waals surface area (Å²) in [4.78, 5) is 14.4. The maximum Gasteiger partial charge on any atom is 0.354 e. The summed E-state index contributed by atoms with van der Waals surface area (Å²) in [6, 6.07) is 3.57. The van der Waals surface area contributed by atoms with Gasteiger partial charge in [0.15, 0.2) is 9.84 Å². The van der Waals surface area contributed by atoms with E-state index in [1.54, 1.807) is 0 Å². The number of allylic oxidation sites excluding steroid dienone is 1. The predicted molar refractivity (Wildman–Crippen MR) is 87.8 cm³/mol. The minimum absolute atomic E-state index is 0.113. The summed E-state index contributed by atoms with van der Waals surface area (Å²) < 4.78 is 65.8. The van der Waals surface area contributed by atoms with Crippen molar-refractivity contribution in [2.45, 2.75) is 6.42 Å². The van der Waals surface area contributed by atoms with Crippen molar-refractivity contribution in [1.82, 2.24) is 4.98 Å². The molecule has 0 fully saturated rings. The van der Waals surface area contributed by atoms with E-state index in [0.29, 0.717) is 5.57 Å². The second-order valence-electron chi connectivity index (χ2n) is 5.74. The molecule has 5 nitrogen and oxygen atoms in total. The third-order valence-corrected chi connectivity index (χ3v) is 5.48. The monoisotopic (exact) mass is 383 g/mol. The zero-order valence-electron chi connectivity index (χ0n) is 13.2. The fourth-order valence-corrected chi connectivity index (χ4v) is 3.81. The fraction of sp³-hybridized carbons (Fsp3) is 0.176. The number of halogens is 3. The lowest BCUT2D eigenvalue weighted by Crippen LogP contribution is -2.15. The molecule has 0 atom stereocenters. The molecule has 1 N–H and O–H groups in total. The highest BCUT2D eigenvalue weighted by atomic mass is 32.2. The quantitative estimate of drug-likeness (QED) is 0.881. The van der Waals surface area contributed by atoms with Gasteiger partial charge in [0, 0.05) is 0 Å². The highest BCUT2D eigenvalue weighted by molar-refractivity contribution is 7.91. The number of carbonyl (C=O) groups is 1. The SMILES string of the molecule is O=C(O)c1ccc(F)c(-c2c(F)cc(C3=CCS(=O)(=O)CC3)cc2F)n1. The Bertz CT molecular complexity index is 1020. The predicted octanol–water partition coefficient (Wildman–Crippen LogP) is 3.07. The first-order valence-electron chi connectivity index (χ1n) is 7.47. The van der Waals surface area contributed by atoms with Gasteiger partial charge in [0.1, 0.15) is 28.8 Å². The molecule has 2 heterocycles. The van der Waals surface area contributed by atoms with Gasteiger partial charge in [-0.3, -0.25) is 0 Å². The zero-order valence-corrected chi connectivity index (χ0v) is 14.0. The van der Waals surface area contributed by atoms with Crippen LogP contribution in [0.15, 0.2) is 30.3 Å². The molecule has 0 saturated heterocycles. The summed E-state index contributed by atoms with van der Waals surface area (Å²) in [6.45, 7) is 0. The van der Waals surface area contributed by atoms with Crippen LogP contribution in [-0.2, 0) is 9.84 Å². The molecule has 0 saturated carbocycles. The molecule has 136 valence electrons. The third kappa shape index (κ3) is 3.48. The molecule has 0 amide bonds. The molecule has 26 heavy (non-hydrogen) atoms. The van der Waals surface area contributed by atoms with E-state index in [-0.39, 0.29) is 23.5 Å². The first kappa shape index (κ1) is 18.1. The number of carboxylic acid groups (broad SMARTS) is 1. The van der Waals surface area contributed by atoms with E-state index in [1.165, 1.54) is 6.08 Å². The lowest BCUT2D eigenvalue weighted by atomic mass is 9.99. The Labute approximate surface area is 146 Å². The summed E-state index contributed by atoms with van der Waals surface area (Å²) in [7, 11) is -3.19. The maximum atomic E-state index is 14.5. The minimum Gasteiger partial charge on any atom is -0.477 e. The number of hydrogen-bond donors (Lipinski definition) is 1. The molecule has 1 aromatic heterocycles. The number of sulfone groups is 1. The minimum atomic E-state index is -3.19. The Balaban J connectivity index is 2.08. The van der Waals surface area contributed by atoms with Crippen LogP contribution < -0.4 is 0 Å². The van der Waals surface area contributed by atoms with Crippen LogP contribution in [0.3, 0.4) is 0 Å². The number of nitrogens with zero attached hydrogens (tertiary/aromatic N) is 1. The van der Waals surface area contributed by atoms with Gasteiger partial charge in [0.2, 0.25) is 0 Å². The molecule has 0 spiro atoms. The van der Waals surface area contributed by atoms with Crippen LogP contribution in [0.5, 0.6) is 0 Å². The van der Waals surface area contributed by atoms with Crippen molar-refractivity contribution in [2.24, 2.45) is 0 Å². The van der Waals surface area contributed by atoms with Gasteiger partial charge in [-0.25, -0.2) is 31.4 Å². The van der Waals surface area contributed by atoms with Gasteiger partial charge in [-0.15, -0.1) is 0 Å². The van der Waals surface area contributed by atoms with Gasteiger partial charge >= 0.3 is 5.97 Å². The summed E-state index contributed by atoms with van der Waals surface area (Å²) in [5.74, 6) is -5.11. The van der Waals surface area contributed by atoms with Gasteiger partial charge in [0.05, 0.1) is 17.1 Å². The first-order chi connectivity index (χ1) is 12.2. The summed E-state index contributed by atoms with van der Waals surface area (Å²) in [6.07, 6.45) is 1.50. The average Bonchev–Trinajstić information content (AvgIpc) is 2.55. The van der Waals surface area contributed by atoms with Crippen LogP contribution in [0.4, 0.5) is 13.2 Å². The summed E-state index contributed by atoms with van der Waals surface area (Å²) in [5.41, 5.74) is -1.46. The van der Waals surface area contributed by atoms with Gasteiger partial charge in [-0.05, 0) is 41.8 Å².